The molecule has 9 rings (SSSR count). The fourth-order valence-corrected chi connectivity index (χ4v) is 10.7. The van der Waals surface area contributed by atoms with Gasteiger partial charge in [0, 0.05) is 0 Å². The van der Waals surface area contributed by atoms with E-state index in [0.717, 1.165) is 30.1 Å². The second kappa shape index (κ2) is 16.1. The first-order valence-corrected chi connectivity index (χ1v) is 20.3. The Bertz CT molecular complexity index is 1680. The number of hydrogen-bond acceptors (Lipinski definition) is 0. The maximum atomic E-state index is 3.69. The number of fused-ring (bicyclic) bond motifs is 3. The minimum atomic E-state index is 0. The van der Waals surface area contributed by atoms with Crippen LogP contribution in [-0.2, 0) is 41.5 Å². The van der Waals surface area contributed by atoms with E-state index in [4.69, 9.17) is 0 Å². The molecule has 6 aliphatic rings. The molecular formula is C48H60Cl2Zr-2. The number of allylic oxidation sites excluding steroid dienone is 4. The third-order valence-corrected chi connectivity index (χ3v) is 13.4. The minimum absolute atomic E-state index is 0. The van der Waals surface area contributed by atoms with Crippen LogP contribution in [0.4, 0.5) is 0 Å². The summed E-state index contributed by atoms with van der Waals surface area (Å²) >= 11 is 1.51. The van der Waals surface area contributed by atoms with E-state index in [1.807, 2.05) is 6.07 Å². The van der Waals surface area contributed by atoms with Gasteiger partial charge in [0.15, 0.2) is 0 Å². The average molecular weight is 799 g/mol. The van der Waals surface area contributed by atoms with Gasteiger partial charge < -0.3 is 24.8 Å². The van der Waals surface area contributed by atoms with Crippen LogP contribution in [0.5, 0.6) is 0 Å². The van der Waals surface area contributed by atoms with Crippen LogP contribution in [0.2, 0.25) is 0 Å². The summed E-state index contributed by atoms with van der Waals surface area (Å²) in [7, 11) is 0. The Balaban J connectivity index is 0.000000183. The van der Waals surface area contributed by atoms with Crippen LogP contribution in [0.3, 0.4) is 0 Å². The van der Waals surface area contributed by atoms with Gasteiger partial charge in [-0.3, -0.25) is 6.08 Å². The van der Waals surface area contributed by atoms with Gasteiger partial charge in [-0.05, 0) is 91.2 Å². The second-order valence-corrected chi connectivity index (χ2v) is 20.3. The number of aryl methyl sites for hydroxylation is 2. The maximum Gasteiger partial charge on any atom is -0.0129 e. The van der Waals surface area contributed by atoms with Crippen molar-refractivity contribution in [3.05, 3.63) is 117 Å². The minimum Gasteiger partial charge on any atom is -1.00 e. The van der Waals surface area contributed by atoms with Crippen molar-refractivity contribution in [1.29, 1.82) is 0 Å². The number of rotatable bonds is 2. The van der Waals surface area contributed by atoms with Crippen LogP contribution >= 0.6 is 0 Å². The molecule has 272 valence electrons. The van der Waals surface area contributed by atoms with Crippen molar-refractivity contribution in [3.8, 4) is 11.1 Å². The summed E-state index contributed by atoms with van der Waals surface area (Å²) in [5.41, 5.74) is 15.1. The zero-order valence-corrected chi connectivity index (χ0v) is 37.1. The Labute approximate surface area is 338 Å². The van der Waals surface area contributed by atoms with Crippen LogP contribution in [0.15, 0.2) is 66.3 Å². The fourth-order valence-electron chi connectivity index (χ4n) is 10.3. The van der Waals surface area contributed by atoms with Crippen LogP contribution in [-0.4, -0.2) is 3.21 Å². The van der Waals surface area contributed by atoms with E-state index in [9.17, 15) is 0 Å². The molecule has 3 heteroatoms. The Hall–Kier alpha value is -1.53. The van der Waals surface area contributed by atoms with Crippen LogP contribution in [0.1, 0.15) is 133 Å². The number of benzene rings is 3. The van der Waals surface area contributed by atoms with Crippen LogP contribution in [0.25, 0.3) is 11.1 Å². The quantitative estimate of drug-likeness (QED) is 0.205. The van der Waals surface area contributed by atoms with E-state index in [1.54, 1.807) is 12.0 Å². The first-order valence-electron chi connectivity index (χ1n) is 19.1. The molecule has 3 aromatic carbocycles. The summed E-state index contributed by atoms with van der Waals surface area (Å²) in [6.45, 7) is 25.2. The molecule has 0 heterocycles. The van der Waals surface area contributed by atoms with Crippen LogP contribution < -0.4 is 24.8 Å². The van der Waals surface area contributed by atoms with E-state index < -0.39 is 0 Å². The summed E-state index contributed by atoms with van der Waals surface area (Å²) in [5, 5.41) is 0. The summed E-state index contributed by atoms with van der Waals surface area (Å²) in [5.74, 6) is 4.68. The van der Waals surface area contributed by atoms with Gasteiger partial charge in [0.1, 0.15) is 0 Å². The Kier molecular flexibility index (Phi) is 13.3. The molecule has 1 atom stereocenters. The molecule has 0 amide bonds. The topological polar surface area (TPSA) is 0 Å². The molecular weight excluding hydrogens is 739 g/mol. The fraction of sp³-hybridized carbons (Fsp3) is 0.521. The smallest absolute Gasteiger partial charge is 0.0129 e. The zero-order chi connectivity index (χ0) is 35.5. The van der Waals surface area contributed by atoms with E-state index in [2.05, 4.69) is 143 Å². The second-order valence-electron chi connectivity index (χ2n) is 18.5. The van der Waals surface area contributed by atoms with Gasteiger partial charge in [-0.15, -0.1) is 16.7 Å². The molecule has 4 saturated carbocycles. The third-order valence-electron chi connectivity index (χ3n) is 12.7. The van der Waals surface area contributed by atoms with Gasteiger partial charge in [-0.25, -0.2) is 6.08 Å². The van der Waals surface area contributed by atoms with E-state index in [-0.39, 0.29) is 35.6 Å². The first kappa shape index (κ1) is 42.2. The Morgan fingerprint density at radius 2 is 1.33 bits per heavy atom. The van der Waals surface area contributed by atoms with Crippen molar-refractivity contribution >= 4 is 3.21 Å². The molecule has 6 aliphatic carbocycles. The van der Waals surface area contributed by atoms with Crippen molar-refractivity contribution in [2.75, 3.05) is 0 Å². The van der Waals surface area contributed by atoms with Crippen molar-refractivity contribution < 1.29 is 49.0 Å². The van der Waals surface area contributed by atoms with Crippen molar-refractivity contribution in [3.63, 3.8) is 0 Å². The normalized spacial score (nSPS) is 26.4. The van der Waals surface area contributed by atoms with E-state index in [1.165, 1.54) is 103 Å². The molecule has 0 nitrogen and oxygen atoms in total. The molecule has 0 aromatic heterocycles. The Morgan fingerprint density at radius 3 is 1.80 bits per heavy atom. The predicted molar refractivity (Wildman–Crippen MR) is 207 cm³/mol. The van der Waals surface area contributed by atoms with Gasteiger partial charge in [0.2, 0.25) is 0 Å². The summed E-state index contributed by atoms with van der Waals surface area (Å²) in [6.07, 6.45) is 17.0. The third kappa shape index (κ3) is 8.74. The van der Waals surface area contributed by atoms with Gasteiger partial charge >= 0.3 is 70.3 Å². The largest absolute Gasteiger partial charge is 1.00 e. The zero-order valence-electron chi connectivity index (χ0n) is 33.2. The molecule has 0 spiro atoms. The van der Waals surface area contributed by atoms with Crippen molar-refractivity contribution in [2.24, 2.45) is 35.0 Å². The molecule has 4 fully saturated rings. The number of hydrogen-bond donors (Lipinski definition) is 0. The molecule has 51 heavy (non-hydrogen) atoms. The van der Waals surface area contributed by atoms with E-state index in [0.29, 0.717) is 11.3 Å². The van der Waals surface area contributed by atoms with Gasteiger partial charge in [-0.1, -0.05) is 96.8 Å². The van der Waals surface area contributed by atoms with E-state index >= 15 is 0 Å². The predicted octanol–water partition coefficient (Wildman–Crippen LogP) is 6.44. The maximum absolute atomic E-state index is 3.69. The summed E-state index contributed by atoms with van der Waals surface area (Å²) in [4.78, 5) is 0. The Morgan fingerprint density at radius 1 is 0.784 bits per heavy atom. The monoisotopic (exact) mass is 796 g/mol. The molecule has 1 unspecified atom stereocenters. The molecule has 3 aromatic rings. The number of halogens is 2. The molecule has 4 bridgehead atoms. The molecule has 0 aliphatic heterocycles. The molecule has 0 radical (unpaired) electrons. The molecule has 0 saturated heterocycles. The molecule has 0 N–H and O–H groups in total. The standard InChI is InChI=1S/C23H29.C17H23.C8H8.2ClH.Zr/c1-14-9-16-11-17-10-15(2)21(23(6,7)8)13-19(17)18(16)12-20(14)22(3,4)5;1-11-3-4-14(5-11)17(2)15-7-12-6-13(9-15)10-16(17)8-12;1-2-8-6-4-3-5-7-8;;;/h9,12-13H,11H2,1-8H3;4-5,11-13,15-16H,6-10H2,1-2H3;3-7H,1H3;2*1H;/q2*-1;;;;+2/p-2. The van der Waals surface area contributed by atoms with Crippen LogP contribution in [0, 0.1) is 61.0 Å². The summed E-state index contributed by atoms with van der Waals surface area (Å²) in [6, 6.07) is 21.4. The first-order chi connectivity index (χ1) is 22.9. The average Bonchev–Trinajstić information content (AvgIpc) is 3.61. The van der Waals surface area contributed by atoms with Gasteiger partial charge in [0.05, 0.1) is 0 Å². The SMILES string of the molecule is CC1[C-]=CC(C2(C)C3CC4CC(C3)CC2C4)=C1.C[C](=[Zr+2])c1ccccc1.Cc1[c-]c2c(cc1C(C)(C)C)-c1cc(C(C)(C)C)c(C)cc1C2.[Cl-].[Cl-]. The summed E-state index contributed by atoms with van der Waals surface area (Å²) < 4.78 is 1.46. The van der Waals surface area contributed by atoms with Crippen molar-refractivity contribution in [1.82, 2.24) is 0 Å². The van der Waals surface area contributed by atoms with Gasteiger partial charge in [-0.2, -0.15) is 29.3 Å². The van der Waals surface area contributed by atoms with Crippen molar-refractivity contribution in [2.45, 2.75) is 126 Å². The van der Waals surface area contributed by atoms with Gasteiger partial charge in [0.25, 0.3) is 0 Å².